The summed E-state index contributed by atoms with van der Waals surface area (Å²) in [5.74, 6) is 1.01. The van der Waals surface area contributed by atoms with Crippen LogP contribution in [0.4, 0.5) is 0 Å². The Labute approximate surface area is 78.8 Å². The molecule has 0 aromatic carbocycles. The van der Waals surface area contributed by atoms with E-state index in [0.717, 1.165) is 5.92 Å². The van der Waals surface area contributed by atoms with Crippen LogP contribution in [-0.4, -0.2) is 0 Å². The lowest BCUT2D eigenvalue weighted by Gasteiger charge is -2.10. The zero-order valence-corrected chi connectivity index (χ0v) is 9.23. The molecule has 0 saturated heterocycles. The molecule has 0 atom stereocenters. The van der Waals surface area contributed by atoms with Crippen LogP contribution in [0.15, 0.2) is 0 Å². The monoisotopic (exact) mass is 170 g/mol. The second-order valence-corrected chi connectivity index (χ2v) is 3.91. The first-order valence-electron chi connectivity index (χ1n) is 5.85. The van der Waals surface area contributed by atoms with Gasteiger partial charge in [0.2, 0.25) is 0 Å². The standard InChI is InChI=1S/C9H20.C3H6/c1-4-7-9(6-3)8-5-2;1-2-3-1/h9H,4-8H2,1-3H3;1-3H2. The summed E-state index contributed by atoms with van der Waals surface area (Å²) in [5.41, 5.74) is 0. The fourth-order valence-electron chi connectivity index (χ4n) is 1.37. The Kier molecular flexibility index (Phi) is 9.09. The summed E-state index contributed by atoms with van der Waals surface area (Å²) in [5, 5.41) is 0. The predicted molar refractivity (Wildman–Crippen MR) is 57.4 cm³/mol. The Morgan fingerprint density at radius 3 is 1.42 bits per heavy atom. The lowest BCUT2D eigenvalue weighted by Crippen LogP contribution is -1.96. The van der Waals surface area contributed by atoms with Crippen molar-refractivity contribution in [3.05, 3.63) is 0 Å². The highest BCUT2D eigenvalue weighted by atomic mass is 14.1. The molecular formula is C12H26. The lowest BCUT2D eigenvalue weighted by atomic mass is 9.96. The van der Waals surface area contributed by atoms with Crippen LogP contribution in [0, 0.1) is 5.92 Å². The molecule has 0 radical (unpaired) electrons. The van der Waals surface area contributed by atoms with Crippen LogP contribution in [0.1, 0.15) is 72.1 Å². The molecule has 0 heterocycles. The highest BCUT2D eigenvalue weighted by molar-refractivity contribution is 4.54. The Hall–Kier alpha value is 0. The minimum Gasteiger partial charge on any atom is -0.0654 e. The fourth-order valence-corrected chi connectivity index (χ4v) is 1.37. The van der Waals surface area contributed by atoms with Gasteiger partial charge in [-0.15, -0.1) is 0 Å². The molecule has 1 fully saturated rings. The molecule has 0 spiro atoms. The van der Waals surface area contributed by atoms with Gasteiger partial charge in [-0.1, -0.05) is 72.1 Å². The van der Waals surface area contributed by atoms with Gasteiger partial charge in [0, 0.05) is 0 Å². The summed E-state index contributed by atoms with van der Waals surface area (Å²) in [6, 6.07) is 0. The second kappa shape index (κ2) is 9.09. The van der Waals surface area contributed by atoms with E-state index in [1.807, 2.05) is 0 Å². The zero-order valence-electron chi connectivity index (χ0n) is 9.23. The molecule has 0 unspecified atom stereocenters. The van der Waals surface area contributed by atoms with Gasteiger partial charge >= 0.3 is 0 Å². The Bertz CT molecular complexity index is 65.4. The van der Waals surface area contributed by atoms with Gasteiger partial charge in [-0.2, -0.15) is 0 Å². The van der Waals surface area contributed by atoms with Gasteiger partial charge in [-0.25, -0.2) is 0 Å². The number of hydrogen-bond acceptors (Lipinski definition) is 0. The van der Waals surface area contributed by atoms with E-state index in [0.29, 0.717) is 0 Å². The van der Waals surface area contributed by atoms with Gasteiger partial charge in [0.25, 0.3) is 0 Å². The lowest BCUT2D eigenvalue weighted by molar-refractivity contribution is 0.427. The molecule has 1 saturated carbocycles. The largest absolute Gasteiger partial charge is 0.0654 e. The first kappa shape index (κ1) is 12.0. The first-order valence-corrected chi connectivity index (χ1v) is 5.85. The Morgan fingerprint density at radius 1 is 0.833 bits per heavy atom. The summed E-state index contributed by atoms with van der Waals surface area (Å²) in [4.78, 5) is 0. The summed E-state index contributed by atoms with van der Waals surface area (Å²) in [6.07, 6.45) is 11.5. The predicted octanol–water partition coefficient (Wildman–Crippen LogP) is 4.78. The van der Waals surface area contributed by atoms with Crippen molar-refractivity contribution in [3.63, 3.8) is 0 Å². The molecule has 1 aliphatic carbocycles. The topological polar surface area (TPSA) is 0 Å². The number of hydrogen-bond donors (Lipinski definition) is 0. The maximum absolute atomic E-state index is 2.30. The molecule has 0 heteroatoms. The van der Waals surface area contributed by atoms with E-state index >= 15 is 0 Å². The molecule has 0 aromatic heterocycles. The van der Waals surface area contributed by atoms with Crippen LogP contribution in [0.2, 0.25) is 0 Å². The number of rotatable bonds is 5. The minimum atomic E-state index is 1.01. The average molecular weight is 170 g/mol. The highest BCUT2D eigenvalue weighted by Crippen LogP contribution is 2.16. The third-order valence-corrected chi connectivity index (χ3v) is 2.32. The van der Waals surface area contributed by atoms with Crippen molar-refractivity contribution in [2.24, 2.45) is 5.92 Å². The second-order valence-electron chi connectivity index (χ2n) is 3.91. The maximum atomic E-state index is 2.30. The molecule has 0 aliphatic heterocycles. The van der Waals surface area contributed by atoms with Gasteiger partial charge in [-0.3, -0.25) is 0 Å². The zero-order chi connectivity index (χ0) is 9.23. The van der Waals surface area contributed by atoms with E-state index in [2.05, 4.69) is 20.8 Å². The molecule has 12 heavy (non-hydrogen) atoms. The molecule has 0 aromatic rings. The smallest absolute Gasteiger partial charge is 0.0417 e. The molecule has 74 valence electrons. The van der Waals surface area contributed by atoms with Crippen LogP contribution < -0.4 is 0 Å². The van der Waals surface area contributed by atoms with Crippen molar-refractivity contribution in [2.75, 3.05) is 0 Å². The van der Waals surface area contributed by atoms with E-state index in [9.17, 15) is 0 Å². The van der Waals surface area contributed by atoms with Gasteiger partial charge in [0.15, 0.2) is 0 Å². The van der Waals surface area contributed by atoms with E-state index in [1.165, 1.54) is 51.4 Å². The van der Waals surface area contributed by atoms with Crippen molar-refractivity contribution < 1.29 is 0 Å². The van der Waals surface area contributed by atoms with E-state index < -0.39 is 0 Å². The normalized spacial score (nSPS) is 14.0. The minimum absolute atomic E-state index is 1.01. The third kappa shape index (κ3) is 10.0. The molecule has 0 amide bonds. The Morgan fingerprint density at radius 2 is 1.25 bits per heavy atom. The van der Waals surface area contributed by atoms with E-state index in [-0.39, 0.29) is 0 Å². The summed E-state index contributed by atoms with van der Waals surface area (Å²) < 4.78 is 0. The van der Waals surface area contributed by atoms with E-state index in [1.54, 1.807) is 0 Å². The summed E-state index contributed by atoms with van der Waals surface area (Å²) >= 11 is 0. The quantitative estimate of drug-likeness (QED) is 0.557. The Balaban J connectivity index is 0.000000330. The van der Waals surface area contributed by atoms with Crippen molar-refractivity contribution >= 4 is 0 Å². The van der Waals surface area contributed by atoms with Crippen molar-refractivity contribution in [2.45, 2.75) is 72.1 Å². The maximum Gasteiger partial charge on any atom is -0.0417 e. The fraction of sp³-hybridized carbons (Fsp3) is 1.00. The molecular weight excluding hydrogens is 144 g/mol. The van der Waals surface area contributed by atoms with Gasteiger partial charge in [-0.05, 0) is 5.92 Å². The molecule has 1 aliphatic rings. The van der Waals surface area contributed by atoms with Crippen molar-refractivity contribution in [3.8, 4) is 0 Å². The highest BCUT2D eigenvalue weighted by Gasteiger charge is 2.01. The molecule has 0 bridgehead atoms. The first-order chi connectivity index (χ1) is 5.85. The average Bonchev–Trinajstić information content (AvgIpc) is 2.90. The van der Waals surface area contributed by atoms with Crippen LogP contribution in [0.3, 0.4) is 0 Å². The van der Waals surface area contributed by atoms with Crippen LogP contribution in [0.5, 0.6) is 0 Å². The van der Waals surface area contributed by atoms with Gasteiger partial charge < -0.3 is 0 Å². The van der Waals surface area contributed by atoms with Gasteiger partial charge in [0.05, 0.1) is 0 Å². The third-order valence-electron chi connectivity index (χ3n) is 2.32. The molecule has 1 rings (SSSR count). The van der Waals surface area contributed by atoms with Crippen LogP contribution in [-0.2, 0) is 0 Å². The molecule has 0 N–H and O–H groups in total. The SMILES string of the molecule is C1CC1.CCCC(CC)CCC. The van der Waals surface area contributed by atoms with E-state index in [4.69, 9.17) is 0 Å². The molecule has 0 nitrogen and oxygen atoms in total. The van der Waals surface area contributed by atoms with Crippen molar-refractivity contribution in [1.29, 1.82) is 0 Å². The summed E-state index contributed by atoms with van der Waals surface area (Å²) in [6.45, 7) is 6.85. The van der Waals surface area contributed by atoms with Gasteiger partial charge in [0.1, 0.15) is 0 Å². The van der Waals surface area contributed by atoms with Crippen LogP contribution in [0.25, 0.3) is 0 Å². The van der Waals surface area contributed by atoms with Crippen molar-refractivity contribution in [1.82, 2.24) is 0 Å². The summed E-state index contributed by atoms with van der Waals surface area (Å²) in [7, 11) is 0. The van der Waals surface area contributed by atoms with Crippen LogP contribution >= 0.6 is 0 Å².